The lowest BCUT2D eigenvalue weighted by molar-refractivity contribution is -0.113. The first-order chi connectivity index (χ1) is 14.7. The van der Waals surface area contributed by atoms with Gasteiger partial charge in [-0.05, 0) is 44.2 Å². The maximum atomic E-state index is 12.7. The van der Waals surface area contributed by atoms with Crippen molar-refractivity contribution in [1.82, 2.24) is 9.55 Å². The summed E-state index contributed by atoms with van der Waals surface area (Å²) < 4.78 is 18.1. The molecule has 9 heteroatoms. The molecule has 0 saturated carbocycles. The Balaban J connectivity index is 1.27. The van der Waals surface area contributed by atoms with Gasteiger partial charge in [0, 0.05) is 29.6 Å². The molecular weight excluding hydrogens is 406 g/mol. The van der Waals surface area contributed by atoms with Crippen LogP contribution >= 0.6 is 11.8 Å². The Kier molecular flexibility index (Phi) is 5.39. The first-order valence-corrected chi connectivity index (χ1v) is 11.2. The highest BCUT2D eigenvalue weighted by Gasteiger charge is 2.25. The van der Waals surface area contributed by atoms with Gasteiger partial charge < -0.3 is 19.5 Å². The van der Waals surface area contributed by atoms with Gasteiger partial charge in [-0.3, -0.25) is 9.36 Å². The molecule has 0 unspecified atom stereocenters. The fourth-order valence-electron chi connectivity index (χ4n) is 4.19. The number of hydrogen-bond donors (Lipinski definition) is 1. The van der Waals surface area contributed by atoms with Gasteiger partial charge in [-0.2, -0.15) is 4.98 Å². The summed E-state index contributed by atoms with van der Waals surface area (Å²) in [6.07, 6.45) is 4.89. The van der Waals surface area contributed by atoms with Crippen LogP contribution in [0.2, 0.25) is 0 Å². The number of aromatic nitrogens is 2. The molecule has 30 heavy (non-hydrogen) atoms. The zero-order valence-electron chi connectivity index (χ0n) is 16.5. The fourth-order valence-corrected chi connectivity index (χ4v) is 5.07. The molecule has 1 amide bonds. The van der Waals surface area contributed by atoms with E-state index in [-0.39, 0.29) is 30.2 Å². The molecule has 0 radical (unpaired) electrons. The van der Waals surface area contributed by atoms with Crippen molar-refractivity contribution in [2.75, 3.05) is 24.5 Å². The van der Waals surface area contributed by atoms with Crippen LogP contribution in [-0.2, 0) is 28.9 Å². The number of anilines is 1. The quantitative estimate of drug-likeness (QED) is 0.557. The van der Waals surface area contributed by atoms with E-state index in [9.17, 15) is 9.59 Å². The summed E-state index contributed by atoms with van der Waals surface area (Å²) in [5, 5.41) is 3.54. The number of hydrogen-bond acceptors (Lipinski definition) is 7. The highest BCUT2D eigenvalue weighted by molar-refractivity contribution is 8.00. The Morgan fingerprint density at radius 2 is 2.13 bits per heavy atom. The third kappa shape index (κ3) is 3.91. The summed E-state index contributed by atoms with van der Waals surface area (Å²) in [6, 6.07) is 5.29. The molecule has 1 atom stereocenters. The average Bonchev–Trinajstić information content (AvgIpc) is 3.50. The molecule has 2 aliphatic heterocycles. The van der Waals surface area contributed by atoms with Crippen molar-refractivity contribution >= 4 is 23.4 Å². The normalized spacial score (nSPS) is 19.1. The second kappa shape index (κ2) is 8.31. The number of thioether (sulfide) groups is 1. The predicted molar refractivity (Wildman–Crippen MR) is 111 cm³/mol. The van der Waals surface area contributed by atoms with E-state index in [2.05, 4.69) is 10.3 Å². The van der Waals surface area contributed by atoms with Crippen LogP contribution in [0, 0.1) is 0 Å². The van der Waals surface area contributed by atoms with E-state index in [1.165, 1.54) is 11.8 Å². The molecule has 1 saturated heterocycles. The molecule has 1 aliphatic carbocycles. The molecule has 0 bridgehead atoms. The van der Waals surface area contributed by atoms with E-state index < -0.39 is 0 Å². The lowest BCUT2D eigenvalue weighted by Gasteiger charge is -2.17. The van der Waals surface area contributed by atoms with E-state index in [1.807, 2.05) is 0 Å². The SMILES string of the molecule is O=C(CSc1nc(=O)n(C[C@H]2CCCO2)c2c1CCC2)Nc1ccc2c(c1)OCO2. The molecule has 0 spiro atoms. The zero-order valence-corrected chi connectivity index (χ0v) is 17.3. The maximum Gasteiger partial charge on any atom is 0.348 e. The van der Waals surface area contributed by atoms with Crippen LogP contribution in [0.3, 0.4) is 0 Å². The molecule has 8 nitrogen and oxygen atoms in total. The van der Waals surface area contributed by atoms with Gasteiger partial charge >= 0.3 is 5.69 Å². The summed E-state index contributed by atoms with van der Waals surface area (Å²) in [7, 11) is 0. The Morgan fingerprint density at radius 3 is 3.00 bits per heavy atom. The molecule has 3 heterocycles. The van der Waals surface area contributed by atoms with Gasteiger partial charge in [0.1, 0.15) is 5.03 Å². The minimum absolute atomic E-state index is 0.0974. The van der Waals surface area contributed by atoms with Gasteiger partial charge in [0.2, 0.25) is 12.7 Å². The molecule has 3 aliphatic rings. The molecule has 158 valence electrons. The van der Waals surface area contributed by atoms with Crippen molar-refractivity contribution in [3.63, 3.8) is 0 Å². The molecule has 1 fully saturated rings. The third-order valence-corrected chi connectivity index (χ3v) is 6.62. The van der Waals surface area contributed by atoms with Crippen molar-refractivity contribution in [1.29, 1.82) is 0 Å². The number of fused-ring (bicyclic) bond motifs is 2. The number of benzene rings is 1. The van der Waals surface area contributed by atoms with Crippen molar-refractivity contribution in [3.05, 3.63) is 39.9 Å². The van der Waals surface area contributed by atoms with E-state index >= 15 is 0 Å². The highest BCUT2D eigenvalue weighted by atomic mass is 32.2. The topological polar surface area (TPSA) is 91.7 Å². The Bertz CT molecular complexity index is 1030. The predicted octanol–water partition coefficient (Wildman–Crippen LogP) is 2.37. The molecule has 1 N–H and O–H groups in total. The highest BCUT2D eigenvalue weighted by Crippen LogP contribution is 2.34. The third-order valence-electron chi connectivity index (χ3n) is 5.61. The second-order valence-electron chi connectivity index (χ2n) is 7.63. The van der Waals surface area contributed by atoms with Crippen molar-refractivity contribution < 1.29 is 19.0 Å². The van der Waals surface area contributed by atoms with Gasteiger partial charge in [-0.15, -0.1) is 0 Å². The molecule has 1 aromatic carbocycles. The zero-order chi connectivity index (χ0) is 20.5. The number of nitrogens with zero attached hydrogens (tertiary/aromatic N) is 2. The number of ether oxygens (including phenoxy) is 3. The summed E-state index contributed by atoms with van der Waals surface area (Å²) in [6.45, 7) is 1.53. The minimum atomic E-state index is -0.246. The first kappa shape index (κ1) is 19.4. The average molecular weight is 429 g/mol. The van der Waals surface area contributed by atoms with E-state index in [0.717, 1.165) is 50.0 Å². The molecule has 1 aromatic heterocycles. The summed E-state index contributed by atoms with van der Waals surface area (Å²) in [5.41, 5.74) is 2.57. The van der Waals surface area contributed by atoms with Crippen molar-refractivity contribution in [2.24, 2.45) is 0 Å². The monoisotopic (exact) mass is 429 g/mol. The van der Waals surface area contributed by atoms with Gasteiger partial charge in [0.25, 0.3) is 0 Å². The van der Waals surface area contributed by atoms with E-state index in [1.54, 1.807) is 22.8 Å². The summed E-state index contributed by atoms with van der Waals surface area (Å²) in [4.78, 5) is 29.4. The molecular formula is C21H23N3O5S. The van der Waals surface area contributed by atoms with Gasteiger partial charge in [0.05, 0.1) is 18.4 Å². The number of carbonyl (C=O) groups excluding carboxylic acids is 1. The Hall–Kier alpha value is -2.52. The Morgan fingerprint density at radius 1 is 1.23 bits per heavy atom. The van der Waals surface area contributed by atoms with E-state index in [0.29, 0.717) is 28.8 Å². The van der Waals surface area contributed by atoms with Crippen LogP contribution in [0.5, 0.6) is 11.5 Å². The van der Waals surface area contributed by atoms with Crippen LogP contribution in [0.15, 0.2) is 28.0 Å². The Labute approximate surface area is 177 Å². The van der Waals surface area contributed by atoms with Gasteiger partial charge in [-0.25, -0.2) is 4.79 Å². The van der Waals surface area contributed by atoms with E-state index in [4.69, 9.17) is 14.2 Å². The molecule has 5 rings (SSSR count). The number of rotatable bonds is 6. The van der Waals surface area contributed by atoms with Gasteiger partial charge in [-0.1, -0.05) is 11.8 Å². The van der Waals surface area contributed by atoms with Crippen LogP contribution in [0.25, 0.3) is 0 Å². The maximum absolute atomic E-state index is 12.7. The van der Waals surface area contributed by atoms with Crippen LogP contribution in [0.1, 0.15) is 30.5 Å². The summed E-state index contributed by atoms with van der Waals surface area (Å²) in [5.74, 6) is 1.32. The summed E-state index contributed by atoms with van der Waals surface area (Å²) >= 11 is 1.32. The largest absolute Gasteiger partial charge is 0.454 e. The van der Waals surface area contributed by atoms with Crippen LogP contribution in [-0.4, -0.2) is 40.7 Å². The first-order valence-electron chi connectivity index (χ1n) is 10.2. The van der Waals surface area contributed by atoms with Crippen LogP contribution < -0.4 is 20.5 Å². The lowest BCUT2D eigenvalue weighted by atomic mass is 10.2. The smallest absolute Gasteiger partial charge is 0.348 e. The van der Waals surface area contributed by atoms with Crippen LogP contribution in [0.4, 0.5) is 5.69 Å². The number of amides is 1. The second-order valence-corrected chi connectivity index (χ2v) is 8.59. The number of carbonyl (C=O) groups is 1. The van der Waals surface area contributed by atoms with Crippen molar-refractivity contribution in [3.8, 4) is 11.5 Å². The standard InChI is InChI=1S/C21H23N3O5S/c25-19(22-13-6-7-17-18(9-13)29-12-28-17)11-30-20-15-4-1-5-16(15)24(21(26)23-20)10-14-3-2-8-27-14/h6-7,9,14H,1-5,8,10-12H2,(H,22,25)/t14-/m1/s1. The van der Waals surface area contributed by atoms with Gasteiger partial charge in [0.15, 0.2) is 11.5 Å². The number of nitrogens with one attached hydrogen (secondary N) is 1. The minimum Gasteiger partial charge on any atom is -0.454 e. The van der Waals surface area contributed by atoms with Crippen molar-refractivity contribution in [2.45, 2.75) is 49.8 Å². The fraction of sp³-hybridized carbons (Fsp3) is 0.476. The lowest BCUT2D eigenvalue weighted by Crippen LogP contribution is -2.31. The molecule has 2 aromatic rings.